The van der Waals surface area contributed by atoms with E-state index in [2.05, 4.69) is 18.9 Å². The number of hydrogen-bond donors (Lipinski definition) is 0. The van der Waals surface area contributed by atoms with Crippen LogP contribution < -0.4 is 0 Å². The van der Waals surface area contributed by atoms with Crippen molar-refractivity contribution in [2.24, 2.45) is 10.8 Å². The smallest absolute Gasteiger partial charge is 0.420 e. The van der Waals surface area contributed by atoms with Crippen LogP contribution in [0.25, 0.3) is 0 Å². The van der Waals surface area contributed by atoms with Crippen LogP contribution in [0.2, 0.25) is 0 Å². The first-order valence-corrected chi connectivity index (χ1v) is 6.54. The third kappa shape index (κ3) is 7.61. The van der Waals surface area contributed by atoms with Crippen molar-refractivity contribution in [3.05, 3.63) is 0 Å². The van der Waals surface area contributed by atoms with Crippen LogP contribution in [0.4, 0.5) is 0 Å². The molecule has 0 heterocycles. The van der Waals surface area contributed by atoms with Crippen molar-refractivity contribution in [2.45, 2.75) is 41.5 Å². The monoisotopic (exact) mass is 318 g/mol. The summed E-state index contributed by atoms with van der Waals surface area (Å²) in [5.74, 6) is -3.89. The van der Waals surface area contributed by atoms with E-state index in [1.165, 1.54) is 0 Å². The third-order valence-corrected chi connectivity index (χ3v) is 2.15. The predicted octanol–water partition coefficient (Wildman–Crippen LogP) is 1.17. The Balaban J connectivity index is 4.02. The Kier molecular flexibility index (Phi) is 7.02. The SMILES string of the molecule is CC(C)(C)C(=O)OCOC(=O)C(=O)OCOC(=O)C(C)(C)C. The van der Waals surface area contributed by atoms with Gasteiger partial charge in [-0.3, -0.25) is 9.59 Å². The largest absolute Gasteiger partial charge is 0.427 e. The molecule has 0 saturated heterocycles. The lowest BCUT2D eigenvalue weighted by molar-refractivity contribution is -0.189. The van der Waals surface area contributed by atoms with Crippen molar-refractivity contribution >= 4 is 23.9 Å². The summed E-state index contributed by atoms with van der Waals surface area (Å²) in [5, 5.41) is 0. The standard InChI is InChI=1S/C14H22O8/c1-13(2,3)11(17)21-7-19-9(15)10(16)20-8-22-12(18)14(4,5)6/h7-8H2,1-6H3. The molecule has 0 atom stereocenters. The maximum atomic E-state index is 11.4. The molecule has 0 aromatic carbocycles. The van der Waals surface area contributed by atoms with Gasteiger partial charge in [0.25, 0.3) is 0 Å². The Bertz CT molecular complexity index is 397. The van der Waals surface area contributed by atoms with Crippen LogP contribution in [0.5, 0.6) is 0 Å². The zero-order valence-corrected chi connectivity index (χ0v) is 13.7. The second kappa shape index (κ2) is 7.77. The van der Waals surface area contributed by atoms with Crippen LogP contribution in [0.3, 0.4) is 0 Å². The summed E-state index contributed by atoms with van der Waals surface area (Å²) >= 11 is 0. The molecule has 0 aliphatic carbocycles. The van der Waals surface area contributed by atoms with Crippen LogP contribution in [0, 0.1) is 10.8 Å². The first-order valence-electron chi connectivity index (χ1n) is 6.54. The lowest BCUT2D eigenvalue weighted by atomic mass is 9.97. The normalized spacial score (nSPS) is 11.4. The van der Waals surface area contributed by atoms with Gasteiger partial charge in [-0.1, -0.05) is 0 Å². The molecule has 0 radical (unpaired) electrons. The number of carbonyl (C=O) groups excluding carboxylic acids is 4. The maximum Gasteiger partial charge on any atom is 0.420 e. The Morgan fingerprint density at radius 1 is 0.591 bits per heavy atom. The Labute approximate surface area is 129 Å². The van der Waals surface area contributed by atoms with Gasteiger partial charge in [0, 0.05) is 0 Å². The van der Waals surface area contributed by atoms with Gasteiger partial charge >= 0.3 is 23.9 Å². The zero-order chi connectivity index (χ0) is 17.6. The number of esters is 4. The molecule has 8 heteroatoms. The minimum absolute atomic E-state index is 0.590. The Morgan fingerprint density at radius 3 is 1.09 bits per heavy atom. The molecule has 0 aliphatic heterocycles. The molecule has 0 rings (SSSR count). The number of ether oxygens (including phenoxy) is 4. The second-order valence-corrected chi connectivity index (χ2v) is 6.46. The molecule has 8 nitrogen and oxygen atoms in total. The van der Waals surface area contributed by atoms with Gasteiger partial charge in [0.1, 0.15) is 0 Å². The summed E-state index contributed by atoms with van der Waals surface area (Å²) in [6.07, 6.45) is 0. The van der Waals surface area contributed by atoms with Crippen LogP contribution >= 0.6 is 0 Å². The average Bonchev–Trinajstić information content (AvgIpc) is 2.35. The van der Waals surface area contributed by atoms with Crippen molar-refractivity contribution in [1.29, 1.82) is 0 Å². The van der Waals surface area contributed by atoms with E-state index in [0.29, 0.717) is 0 Å². The Morgan fingerprint density at radius 2 is 0.864 bits per heavy atom. The van der Waals surface area contributed by atoms with Gasteiger partial charge in [0.2, 0.25) is 13.6 Å². The van der Waals surface area contributed by atoms with E-state index in [9.17, 15) is 19.2 Å². The first-order chi connectivity index (χ1) is 9.85. The summed E-state index contributed by atoms with van der Waals surface area (Å²) in [6.45, 7) is 8.32. The quantitative estimate of drug-likeness (QED) is 0.432. The van der Waals surface area contributed by atoms with Crippen molar-refractivity contribution < 1.29 is 38.1 Å². The molecule has 0 unspecified atom stereocenters. The van der Waals surface area contributed by atoms with Gasteiger partial charge in [0.05, 0.1) is 10.8 Å². The molecular weight excluding hydrogens is 296 g/mol. The minimum atomic E-state index is -1.35. The van der Waals surface area contributed by atoms with Crippen LogP contribution in [0.15, 0.2) is 0 Å². The summed E-state index contributed by atoms with van der Waals surface area (Å²) in [6, 6.07) is 0. The van der Waals surface area contributed by atoms with Crippen LogP contribution in [-0.4, -0.2) is 37.5 Å². The fraction of sp³-hybridized carbons (Fsp3) is 0.714. The van der Waals surface area contributed by atoms with E-state index in [4.69, 9.17) is 0 Å². The average molecular weight is 318 g/mol. The number of carbonyl (C=O) groups is 4. The van der Waals surface area contributed by atoms with E-state index in [1.54, 1.807) is 41.5 Å². The third-order valence-electron chi connectivity index (χ3n) is 2.15. The summed E-state index contributed by atoms with van der Waals surface area (Å²) in [5.41, 5.74) is -1.51. The first kappa shape index (κ1) is 19.9. The maximum absolute atomic E-state index is 11.4. The molecule has 0 aromatic heterocycles. The highest BCUT2D eigenvalue weighted by molar-refractivity contribution is 6.29. The van der Waals surface area contributed by atoms with Crippen molar-refractivity contribution in [2.75, 3.05) is 13.6 Å². The molecule has 0 amide bonds. The molecule has 0 aliphatic rings. The van der Waals surface area contributed by atoms with Gasteiger partial charge in [-0.05, 0) is 41.5 Å². The zero-order valence-electron chi connectivity index (χ0n) is 13.7. The second-order valence-electron chi connectivity index (χ2n) is 6.46. The lowest BCUT2D eigenvalue weighted by Gasteiger charge is -2.16. The fourth-order valence-corrected chi connectivity index (χ4v) is 0.824. The highest BCUT2D eigenvalue weighted by Crippen LogP contribution is 2.15. The van der Waals surface area contributed by atoms with E-state index in [1.807, 2.05) is 0 Å². The fourth-order valence-electron chi connectivity index (χ4n) is 0.824. The number of rotatable bonds is 4. The molecule has 0 spiro atoms. The molecule has 0 aromatic rings. The van der Waals surface area contributed by atoms with Gasteiger partial charge < -0.3 is 18.9 Å². The van der Waals surface area contributed by atoms with Crippen molar-refractivity contribution in [1.82, 2.24) is 0 Å². The topological polar surface area (TPSA) is 105 Å². The molecule has 0 bridgehead atoms. The highest BCUT2D eigenvalue weighted by atomic mass is 16.7. The predicted molar refractivity (Wildman–Crippen MR) is 73.0 cm³/mol. The lowest BCUT2D eigenvalue weighted by Crippen LogP contribution is -2.28. The van der Waals surface area contributed by atoms with Crippen LogP contribution in [0.1, 0.15) is 41.5 Å². The van der Waals surface area contributed by atoms with Gasteiger partial charge in [-0.25, -0.2) is 9.59 Å². The molecule has 0 fully saturated rings. The van der Waals surface area contributed by atoms with E-state index in [-0.39, 0.29) is 0 Å². The number of hydrogen-bond acceptors (Lipinski definition) is 8. The van der Waals surface area contributed by atoms with E-state index >= 15 is 0 Å². The van der Waals surface area contributed by atoms with Crippen LogP contribution in [-0.2, 0) is 38.1 Å². The summed E-state index contributed by atoms with van der Waals surface area (Å²) in [7, 11) is 0. The van der Waals surface area contributed by atoms with Gasteiger partial charge in [0.15, 0.2) is 0 Å². The van der Waals surface area contributed by atoms with Crippen molar-refractivity contribution in [3.8, 4) is 0 Å². The Hall–Kier alpha value is -2.12. The van der Waals surface area contributed by atoms with Crippen molar-refractivity contribution in [3.63, 3.8) is 0 Å². The molecule has 0 saturated carbocycles. The van der Waals surface area contributed by atoms with E-state index < -0.39 is 48.3 Å². The summed E-state index contributed by atoms with van der Waals surface area (Å²) in [4.78, 5) is 45.2. The molecular formula is C14H22O8. The molecule has 22 heavy (non-hydrogen) atoms. The van der Waals surface area contributed by atoms with E-state index in [0.717, 1.165) is 0 Å². The minimum Gasteiger partial charge on any atom is -0.427 e. The summed E-state index contributed by atoms with van der Waals surface area (Å²) < 4.78 is 18.1. The van der Waals surface area contributed by atoms with Gasteiger partial charge in [-0.2, -0.15) is 0 Å². The molecule has 126 valence electrons. The molecule has 0 N–H and O–H groups in total. The highest BCUT2D eigenvalue weighted by Gasteiger charge is 2.26. The van der Waals surface area contributed by atoms with Gasteiger partial charge in [-0.15, -0.1) is 0 Å².